The highest BCUT2D eigenvalue weighted by Gasteiger charge is 2.47. The minimum Gasteiger partial charge on any atom is -0.398 e. The molecule has 1 fully saturated rings. The topological polar surface area (TPSA) is 29.3 Å². The molecule has 1 aliphatic rings. The number of anilines is 1. The van der Waals surface area contributed by atoms with E-state index in [1.54, 1.807) is 11.8 Å². The number of thioether (sulfide) groups is 1. The van der Waals surface area contributed by atoms with Gasteiger partial charge >= 0.3 is 6.18 Å². The second-order valence-corrected chi connectivity index (χ2v) is 5.56. The zero-order valence-electron chi connectivity index (χ0n) is 10.1. The SMILES string of the molecule is Nc1cccc(F)c1C(N1CCSCC1)C(F)(F)F. The van der Waals surface area contributed by atoms with Crippen LogP contribution in [0.4, 0.5) is 23.2 Å². The molecule has 2 N–H and O–H groups in total. The molecule has 0 bridgehead atoms. The van der Waals surface area contributed by atoms with E-state index in [2.05, 4.69) is 0 Å². The third-order valence-corrected chi connectivity index (χ3v) is 4.02. The van der Waals surface area contributed by atoms with Crippen LogP contribution in [0, 0.1) is 5.82 Å². The van der Waals surface area contributed by atoms with Crippen molar-refractivity contribution < 1.29 is 17.6 Å². The van der Waals surface area contributed by atoms with Crippen LogP contribution in [0.15, 0.2) is 18.2 Å². The van der Waals surface area contributed by atoms with Crippen LogP contribution in [0.1, 0.15) is 11.6 Å². The molecule has 0 aromatic heterocycles. The lowest BCUT2D eigenvalue weighted by Gasteiger charge is -2.36. The molecule has 1 unspecified atom stereocenters. The summed E-state index contributed by atoms with van der Waals surface area (Å²) in [6, 6.07) is 1.67. The summed E-state index contributed by atoms with van der Waals surface area (Å²) in [5.74, 6) is 0.322. The Morgan fingerprint density at radius 3 is 2.37 bits per heavy atom. The molecule has 19 heavy (non-hydrogen) atoms. The number of rotatable bonds is 2. The van der Waals surface area contributed by atoms with Crippen molar-refractivity contribution in [2.75, 3.05) is 30.3 Å². The van der Waals surface area contributed by atoms with E-state index in [0.29, 0.717) is 11.5 Å². The van der Waals surface area contributed by atoms with E-state index >= 15 is 0 Å². The largest absolute Gasteiger partial charge is 0.408 e. The van der Waals surface area contributed by atoms with E-state index in [1.807, 2.05) is 0 Å². The van der Waals surface area contributed by atoms with Crippen LogP contribution in [-0.4, -0.2) is 35.7 Å². The maximum absolute atomic E-state index is 13.8. The van der Waals surface area contributed by atoms with Crippen molar-refractivity contribution in [3.63, 3.8) is 0 Å². The molecule has 0 aliphatic carbocycles. The van der Waals surface area contributed by atoms with Crippen LogP contribution in [0.25, 0.3) is 0 Å². The lowest BCUT2D eigenvalue weighted by atomic mass is 10.0. The summed E-state index contributed by atoms with van der Waals surface area (Å²) in [6.07, 6.45) is -4.54. The maximum atomic E-state index is 13.8. The molecule has 106 valence electrons. The number of hydrogen-bond donors (Lipinski definition) is 1. The van der Waals surface area contributed by atoms with Crippen LogP contribution >= 0.6 is 11.8 Å². The first-order valence-corrected chi connectivity index (χ1v) is 6.99. The minimum absolute atomic E-state index is 0.152. The minimum atomic E-state index is -4.54. The molecular formula is C12H14F4N2S. The molecule has 1 atom stereocenters. The number of nitrogen functional groups attached to an aromatic ring is 1. The van der Waals surface area contributed by atoms with Gasteiger partial charge < -0.3 is 5.73 Å². The van der Waals surface area contributed by atoms with Crippen molar-refractivity contribution in [3.05, 3.63) is 29.6 Å². The van der Waals surface area contributed by atoms with Crippen molar-refractivity contribution in [1.82, 2.24) is 4.90 Å². The van der Waals surface area contributed by atoms with Gasteiger partial charge in [0.05, 0.1) is 0 Å². The van der Waals surface area contributed by atoms with Crippen molar-refractivity contribution in [1.29, 1.82) is 0 Å². The van der Waals surface area contributed by atoms with E-state index in [9.17, 15) is 17.6 Å². The molecule has 1 aromatic carbocycles. The summed E-state index contributed by atoms with van der Waals surface area (Å²) in [5.41, 5.74) is 4.94. The van der Waals surface area contributed by atoms with Crippen LogP contribution in [0.2, 0.25) is 0 Å². The number of alkyl halides is 3. The van der Waals surface area contributed by atoms with Crippen molar-refractivity contribution in [2.45, 2.75) is 12.2 Å². The number of nitrogens with zero attached hydrogens (tertiary/aromatic N) is 1. The Morgan fingerprint density at radius 2 is 1.84 bits per heavy atom. The van der Waals surface area contributed by atoms with Crippen LogP contribution in [0.3, 0.4) is 0 Å². The smallest absolute Gasteiger partial charge is 0.398 e. The summed E-state index contributed by atoms with van der Waals surface area (Å²) >= 11 is 1.60. The molecule has 0 radical (unpaired) electrons. The molecule has 2 rings (SSSR count). The lowest BCUT2D eigenvalue weighted by molar-refractivity contribution is -0.186. The Labute approximate surface area is 113 Å². The maximum Gasteiger partial charge on any atom is 0.408 e. The highest BCUT2D eigenvalue weighted by molar-refractivity contribution is 7.99. The molecule has 0 saturated carbocycles. The third kappa shape index (κ3) is 3.14. The Kier molecular flexibility index (Phi) is 4.25. The fourth-order valence-electron chi connectivity index (χ4n) is 2.23. The first-order valence-electron chi connectivity index (χ1n) is 5.83. The van der Waals surface area contributed by atoms with Gasteiger partial charge in [0.2, 0.25) is 0 Å². The predicted octanol–water partition coefficient (Wildman–Crippen LogP) is 3.06. The molecule has 0 amide bonds. The molecule has 1 saturated heterocycles. The predicted molar refractivity (Wildman–Crippen MR) is 68.5 cm³/mol. The van der Waals surface area contributed by atoms with Gasteiger partial charge in [0, 0.05) is 35.8 Å². The number of nitrogens with two attached hydrogens (primary N) is 1. The number of benzene rings is 1. The summed E-state index contributed by atoms with van der Waals surface area (Å²) in [4.78, 5) is 1.26. The van der Waals surface area contributed by atoms with Gasteiger partial charge in [-0.3, -0.25) is 4.90 Å². The summed E-state index contributed by atoms with van der Waals surface area (Å²) in [7, 11) is 0. The Hall–Kier alpha value is -0.950. The zero-order valence-corrected chi connectivity index (χ0v) is 10.9. The summed E-state index contributed by atoms with van der Waals surface area (Å²) in [6.45, 7) is 0.561. The number of halogens is 4. The molecule has 1 heterocycles. The lowest BCUT2D eigenvalue weighted by Crippen LogP contribution is -2.43. The van der Waals surface area contributed by atoms with Gasteiger partial charge in [-0.1, -0.05) is 6.07 Å². The Balaban J connectivity index is 2.43. The monoisotopic (exact) mass is 294 g/mol. The van der Waals surface area contributed by atoms with Crippen LogP contribution in [0.5, 0.6) is 0 Å². The molecule has 7 heteroatoms. The van der Waals surface area contributed by atoms with Gasteiger partial charge in [-0.2, -0.15) is 24.9 Å². The van der Waals surface area contributed by atoms with E-state index in [4.69, 9.17) is 5.73 Å². The van der Waals surface area contributed by atoms with Gasteiger partial charge in [0.1, 0.15) is 11.9 Å². The van der Waals surface area contributed by atoms with Gasteiger partial charge in [0.25, 0.3) is 0 Å². The fraction of sp³-hybridized carbons (Fsp3) is 0.500. The first-order chi connectivity index (χ1) is 8.91. The summed E-state index contributed by atoms with van der Waals surface area (Å²) < 4.78 is 53.6. The summed E-state index contributed by atoms with van der Waals surface area (Å²) in [5, 5.41) is 0. The van der Waals surface area contributed by atoms with Crippen molar-refractivity contribution in [2.24, 2.45) is 0 Å². The molecule has 1 aromatic rings. The van der Waals surface area contributed by atoms with E-state index < -0.39 is 23.6 Å². The molecular weight excluding hydrogens is 280 g/mol. The van der Waals surface area contributed by atoms with E-state index in [1.165, 1.54) is 17.0 Å². The van der Waals surface area contributed by atoms with Gasteiger partial charge in [-0.25, -0.2) is 4.39 Å². The fourth-order valence-corrected chi connectivity index (χ4v) is 3.16. The standard InChI is InChI=1S/C12H14F4N2S/c13-8-2-1-3-9(17)10(8)11(12(14,15)16)18-4-6-19-7-5-18/h1-3,11H,4-7,17H2. The van der Waals surface area contributed by atoms with Crippen LogP contribution in [-0.2, 0) is 0 Å². The number of hydrogen-bond acceptors (Lipinski definition) is 3. The molecule has 0 spiro atoms. The normalized spacial score (nSPS) is 19.4. The van der Waals surface area contributed by atoms with E-state index in [0.717, 1.165) is 6.07 Å². The zero-order chi connectivity index (χ0) is 14.0. The van der Waals surface area contributed by atoms with E-state index in [-0.39, 0.29) is 18.8 Å². The quantitative estimate of drug-likeness (QED) is 0.671. The van der Waals surface area contributed by atoms with Crippen molar-refractivity contribution >= 4 is 17.4 Å². The van der Waals surface area contributed by atoms with Crippen molar-refractivity contribution in [3.8, 4) is 0 Å². The van der Waals surface area contributed by atoms with Crippen LogP contribution < -0.4 is 5.73 Å². The third-order valence-electron chi connectivity index (χ3n) is 3.08. The highest BCUT2D eigenvalue weighted by Crippen LogP contribution is 2.41. The second kappa shape index (κ2) is 5.58. The molecule has 2 nitrogen and oxygen atoms in total. The van der Waals surface area contributed by atoms with Gasteiger partial charge in [0.15, 0.2) is 0 Å². The second-order valence-electron chi connectivity index (χ2n) is 4.34. The van der Waals surface area contributed by atoms with Gasteiger partial charge in [-0.15, -0.1) is 0 Å². The first kappa shape index (κ1) is 14.5. The average Bonchev–Trinajstić information content (AvgIpc) is 2.33. The van der Waals surface area contributed by atoms with Gasteiger partial charge in [-0.05, 0) is 12.1 Å². The Morgan fingerprint density at radius 1 is 1.21 bits per heavy atom. The molecule has 1 aliphatic heterocycles. The average molecular weight is 294 g/mol. The highest BCUT2D eigenvalue weighted by atomic mass is 32.2. The Bertz CT molecular complexity index is 424.